The van der Waals surface area contributed by atoms with Crippen molar-refractivity contribution in [1.82, 2.24) is 9.80 Å². The van der Waals surface area contributed by atoms with Gasteiger partial charge in [-0.05, 0) is 37.1 Å². The number of amides is 1. The fourth-order valence-corrected chi connectivity index (χ4v) is 2.45. The second-order valence-electron chi connectivity index (χ2n) is 4.83. The molecule has 2 rings (SSSR count). The number of hydrogen-bond donors (Lipinski definition) is 0. The Balaban J connectivity index is 1.88. The highest BCUT2D eigenvalue weighted by Crippen LogP contribution is 2.16. The van der Waals surface area contributed by atoms with Crippen LogP contribution in [-0.2, 0) is 9.53 Å². The highest BCUT2D eigenvalue weighted by atomic mass is 35.5. The SMILES string of the molecule is CCOC(=O)CN1CCCN(C(=O)c2ccc(Cl)o2)CC1. The molecule has 1 aromatic heterocycles. The Morgan fingerprint density at radius 1 is 1.29 bits per heavy atom. The Labute approximate surface area is 128 Å². The van der Waals surface area contributed by atoms with E-state index in [4.69, 9.17) is 20.8 Å². The fourth-order valence-electron chi connectivity index (χ4n) is 2.31. The number of furan rings is 1. The second kappa shape index (κ2) is 7.47. The summed E-state index contributed by atoms with van der Waals surface area (Å²) in [5.41, 5.74) is 0. The zero-order valence-electron chi connectivity index (χ0n) is 12.0. The Kier molecular flexibility index (Phi) is 5.64. The number of carbonyl (C=O) groups is 2. The van der Waals surface area contributed by atoms with Crippen molar-refractivity contribution in [2.24, 2.45) is 0 Å². The molecule has 2 heterocycles. The van der Waals surface area contributed by atoms with Crippen LogP contribution in [0.1, 0.15) is 23.9 Å². The number of ether oxygens (including phenoxy) is 1. The molecule has 7 heteroatoms. The van der Waals surface area contributed by atoms with Gasteiger partial charge in [-0.15, -0.1) is 0 Å². The van der Waals surface area contributed by atoms with Gasteiger partial charge in [0.25, 0.3) is 5.91 Å². The van der Waals surface area contributed by atoms with Crippen molar-refractivity contribution >= 4 is 23.5 Å². The number of hydrogen-bond acceptors (Lipinski definition) is 5. The van der Waals surface area contributed by atoms with Gasteiger partial charge < -0.3 is 14.1 Å². The smallest absolute Gasteiger partial charge is 0.320 e. The third kappa shape index (κ3) is 4.47. The van der Waals surface area contributed by atoms with Crippen LogP contribution < -0.4 is 0 Å². The number of rotatable bonds is 4. The molecule has 1 aliphatic heterocycles. The first kappa shape index (κ1) is 15.9. The lowest BCUT2D eigenvalue weighted by molar-refractivity contribution is -0.144. The lowest BCUT2D eigenvalue weighted by Crippen LogP contribution is -2.37. The molecule has 0 saturated carbocycles. The quantitative estimate of drug-likeness (QED) is 0.791. The Bertz CT molecular complexity index is 503. The summed E-state index contributed by atoms with van der Waals surface area (Å²) in [4.78, 5) is 27.5. The summed E-state index contributed by atoms with van der Waals surface area (Å²) >= 11 is 5.69. The van der Waals surface area contributed by atoms with Crippen molar-refractivity contribution in [3.05, 3.63) is 23.1 Å². The van der Waals surface area contributed by atoms with Gasteiger partial charge in [0, 0.05) is 26.2 Å². The molecule has 1 aliphatic rings. The van der Waals surface area contributed by atoms with Gasteiger partial charge in [0.1, 0.15) is 0 Å². The summed E-state index contributed by atoms with van der Waals surface area (Å²) in [6.45, 7) is 5.03. The average molecular weight is 315 g/mol. The van der Waals surface area contributed by atoms with Crippen LogP contribution >= 0.6 is 11.6 Å². The summed E-state index contributed by atoms with van der Waals surface area (Å²) in [6, 6.07) is 3.13. The highest BCUT2D eigenvalue weighted by Gasteiger charge is 2.23. The van der Waals surface area contributed by atoms with Gasteiger partial charge in [0.05, 0.1) is 13.2 Å². The zero-order valence-corrected chi connectivity index (χ0v) is 12.8. The van der Waals surface area contributed by atoms with Gasteiger partial charge in [-0.2, -0.15) is 0 Å². The summed E-state index contributed by atoms with van der Waals surface area (Å²) in [5, 5.41) is 0.206. The van der Waals surface area contributed by atoms with E-state index in [0.29, 0.717) is 26.2 Å². The van der Waals surface area contributed by atoms with E-state index in [2.05, 4.69) is 0 Å². The third-order valence-electron chi connectivity index (χ3n) is 3.32. The maximum Gasteiger partial charge on any atom is 0.320 e. The van der Waals surface area contributed by atoms with E-state index in [0.717, 1.165) is 13.0 Å². The van der Waals surface area contributed by atoms with E-state index in [9.17, 15) is 9.59 Å². The van der Waals surface area contributed by atoms with Gasteiger partial charge in [-0.3, -0.25) is 14.5 Å². The van der Waals surface area contributed by atoms with Crippen LogP contribution in [0.5, 0.6) is 0 Å². The fraction of sp³-hybridized carbons (Fsp3) is 0.571. The predicted octanol–water partition coefficient (Wildman–Crippen LogP) is 1.64. The number of carbonyl (C=O) groups excluding carboxylic acids is 2. The van der Waals surface area contributed by atoms with Gasteiger partial charge >= 0.3 is 5.97 Å². The first-order chi connectivity index (χ1) is 10.1. The van der Waals surface area contributed by atoms with Crippen LogP contribution in [0.25, 0.3) is 0 Å². The topological polar surface area (TPSA) is 63.0 Å². The molecule has 1 saturated heterocycles. The molecule has 0 radical (unpaired) electrons. The maximum atomic E-state index is 12.3. The van der Waals surface area contributed by atoms with E-state index in [1.54, 1.807) is 24.0 Å². The van der Waals surface area contributed by atoms with Crippen molar-refractivity contribution in [3.63, 3.8) is 0 Å². The molecule has 116 valence electrons. The standard InChI is InChI=1S/C14H19ClN2O4/c1-2-20-13(18)10-16-6-3-7-17(9-8-16)14(19)11-4-5-12(15)21-11/h4-5H,2-3,6-10H2,1H3. The molecule has 21 heavy (non-hydrogen) atoms. The molecule has 0 bridgehead atoms. The van der Waals surface area contributed by atoms with Crippen LogP contribution in [0.3, 0.4) is 0 Å². The van der Waals surface area contributed by atoms with Crippen LogP contribution in [0, 0.1) is 0 Å². The zero-order chi connectivity index (χ0) is 15.2. The average Bonchev–Trinajstić information content (AvgIpc) is 2.75. The first-order valence-corrected chi connectivity index (χ1v) is 7.40. The van der Waals surface area contributed by atoms with Crippen molar-refractivity contribution in [2.45, 2.75) is 13.3 Å². The lowest BCUT2D eigenvalue weighted by Gasteiger charge is -2.20. The summed E-state index contributed by atoms with van der Waals surface area (Å²) < 4.78 is 10.1. The maximum absolute atomic E-state index is 12.3. The van der Waals surface area contributed by atoms with Gasteiger partial charge in [-0.25, -0.2) is 0 Å². The molecular formula is C14H19ClN2O4. The van der Waals surface area contributed by atoms with E-state index in [1.165, 1.54) is 0 Å². The Morgan fingerprint density at radius 3 is 2.76 bits per heavy atom. The minimum absolute atomic E-state index is 0.167. The Hall–Kier alpha value is -1.53. The molecule has 0 unspecified atom stereocenters. The minimum Gasteiger partial charge on any atom is -0.465 e. The number of nitrogens with zero attached hydrogens (tertiary/aromatic N) is 2. The number of halogens is 1. The summed E-state index contributed by atoms with van der Waals surface area (Å²) in [5.74, 6) is -0.145. The molecule has 0 aromatic carbocycles. The van der Waals surface area contributed by atoms with Crippen LogP contribution in [0.4, 0.5) is 0 Å². The van der Waals surface area contributed by atoms with Crippen LogP contribution in [0.15, 0.2) is 16.5 Å². The normalized spacial score (nSPS) is 16.6. The monoisotopic (exact) mass is 314 g/mol. The molecule has 0 atom stereocenters. The lowest BCUT2D eigenvalue weighted by atomic mass is 10.3. The molecule has 0 N–H and O–H groups in total. The van der Waals surface area contributed by atoms with Gasteiger partial charge in [-0.1, -0.05) is 0 Å². The largest absolute Gasteiger partial charge is 0.465 e. The van der Waals surface area contributed by atoms with Crippen LogP contribution in [0.2, 0.25) is 5.22 Å². The van der Waals surface area contributed by atoms with Gasteiger partial charge in [0.15, 0.2) is 11.0 Å². The van der Waals surface area contributed by atoms with E-state index in [-0.39, 0.29) is 29.4 Å². The summed E-state index contributed by atoms with van der Waals surface area (Å²) in [7, 11) is 0. The third-order valence-corrected chi connectivity index (χ3v) is 3.52. The Morgan fingerprint density at radius 2 is 2.10 bits per heavy atom. The molecule has 0 aliphatic carbocycles. The minimum atomic E-state index is -0.227. The molecule has 1 fully saturated rings. The molecule has 1 amide bonds. The molecular weight excluding hydrogens is 296 g/mol. The van der Waals surface area contributed by atoms with Crippen molar-refractivity contribution in [3.8, 4) is 0 Å². The van der Waals surface area contributed by atoms with Crippen molar-refractivity contribution in [2.75, 3.05) is 39.3 Å². The van der Waals surface area contributed by atoms with Crippen molar-refractivity contribution < 1.29 is 18.7 Å². The molecule has 1 aromatic rings. The van der Waals surface area contributed by atoms with Crippen LogP contribution in [-0.4, -0.2) is 61.0 Å². The predicted molar refractivity (Wildman–Crippen MR) is 77.3 cm³/mol. The van der Waals surface area contributed by atoms with E-state index in [1.807, 2.05) is 4.90 Å². The van der Waals surface area contributed by atoms with Gasteiger partial charge in [0.2, 0.25) is 0 Å². The number of esters is 1. The first-order valence-electron chi connectivity index (χ1n) is 7.02. The summed E-state index contributed by atoms with van der Waals surface area (Å²) in [6.07, 6.45) is 0.805. The van der Waals surface area contributed by atoms with E-state index < -0.39 is 0 Å². The molecule has 6 nitrogen and oxygen atoms in total. The second-order valence-corrected chi connectivity index (χ2v) is 5.20. The van der Waals surface area contributed by atoms with E-state index >= 15 is 0 Å². The van der Waals surface area contributed by atoms with Crippen molar-refractivity contribution in [1.29, 1.82) is 0 Å². The molecule has 0 spiro atoms. The highest BCUT2D eigenvalue weighted by molar-refractivity contribution is 6.29.